The maximum Gasteiger partial charge on any atom is 0.125 e. The zero-order chi connectivity index (χ0) is 12.3. The van der Waals surface area contributed by atoms with Crippen LogP contribution in [0.3, 0.4) is 0 Å². The van der Waals surface area contributed by atoms with Crippen molar-refractivity contribution < 1.29 is 0 Å². The van der Waals surface area contributed by atoms with Crippen LogP contribution in [0, 0.1) is 0 Å². The van der Waals surface area contributed by atoms with Gasteiger partial charge in [0.25, 0.3) is 0 Å². The normalized spacial score (nSPS) is 12.9. The topological polar surface area (TPSA) is 29.9 Å². The van der Waals surface area contributed by atoms with Crippen LogP contribution in [-0.2, 0) is 19.9 Å². The van der Waals surface area contributed by atoms with Gasteiger partial charge < -0.3 is 9.88 Å². The fraction of sp³-hybridized carbons (Fsp3) is 0.462. The van der Waals surface area contributed by atoms with E-state index in [0.29, 0.717) is 6.04 Å². The molecule has 0 amide bonds. The predicted octanol–water partition coefficient (Wildman–Crippen LogP) is 2.55. The van der Waals surface area contributed by atoms with Gasteiger partial charge in [0.15, 0.2) is 0 Å². The lowest BCUT2D eigenvalue weighted by molar-refractivity contribution is 0.541. The van der Waals surface area contributed by atoms with E-state index in [2.05, 4.69) is 33.9 Å². The van der Waals surface area contributed by atoms with E-state index < -0.39 is 0 Å². The Morgan fingerprint density at radius 2 is 2.18 bits per heavy atom. The van der Waals surface area contributed by atoms with E-state index in [0.717, 1.165) is 18.7 Å². The molecule has 0 aliphatic carbocycles. The van der Waals surface area contributed by atoms with Gasteiger partial charge in [0.2, 0.25) is 0 Å². The minimum atomic E-state index is 0.290. The largest absolute Gasteiger partial charge is 0.337 e. The molecule has 3 nitrogen and oxygen atoms in total. The lowest BCUT2D eigenvalue weighted by Gasteiger charge is -2.14. The average molecular weight is 249 g/mol. The Bertz CT molecular complexity index is 472. The molecule has 0 radical (unpaired) electrons. The number of nitrogens with zero attached hydrogens (tertiary/aromatic N) is 2. The van der Waals surface area contributed by atoms with Crippen LogP contribution in [-0.4, -0.2) is 16.6 Å². The number of aryl methyl sites for hydroxylation is 2. The molecule has 0 saturated carbocycles. The maximum absolute atomic E-state index is 4.42. The monoisotopic (exact) mass is 249 g/mol. The Hall–Kier alpha value is -1.13. The van der Waals surface area contributed by atoms with Gasteiger partial charge >= 0.3 is 0 Å². The molecule has 0 bridgehead atoms. The first-order valence-corrected chi connectivity index (χ1v) is 6.78. The highest BCUT2D eigenvalue weighted by Crippen LogP contribution is 2.23. The van der Waals surface area contributed by atoms with Crippen LogP contribution in [0.2, 0.25) is 0 Å². The molecule has 0 fully saturated rings. The molecule has 0 aromatic carbocycles. The first-order chi connectivity index (χ1) is 8.24. The van der Waals surface area contributed by atoms with E-state index in [1.54, 1.807) is 0 Å². The Kier molecular flexibility index (Phi) is 3.97. The maximum atomic E-state index is 4.42. The van der Waals surface area contributed by atoms with Crippen LogP contribution in [0.1, 0.15) is 28.5 Å². The van der Waals surface area contributed by atoms with Gasteiger partial charge in [-0.15, -0.1) is 11.3 Å². The van der Waals surface area contributed by atoms with Crippen molar-refractivity contribution in [2.75, 3.05) is 7.05 Å². The Balaban J connectivity index is 2.12. The number of aromatic nitrogens is 2. The number of imidazole rings is 1. The second kappa shape index (κ2) is 5.47. The minimum Gasteiger partial charge on any atom is -0.337 e. The highest BCUT2D eigenvalue weighted by Gasteiger charge is 2.15. The average Bonchev–Trinajstić information content (AvgIpc) is 2.95. The van der Waals surface area contributed by atoms with Crippen LogP contribution in [0.25, 0.3) is 0 Å². The number of thiophene rings is 1. The molecule has 4 heteroatoms. The van der Waals surface area contributed by atoms with Gasteiger partial charge in [-0.25, -0.2) is 4.98 Å². The van der Waals surface area contributed by atoms with Gasteiger partial charge in [-0.2, -0.15) is 0 Å². The van der Waals surface area contributed by atoms with E-state index in [1.807, 2.05) is 37.8 Å². The SMILES string of the molecule is CCc1ccc(CC(NC)c2nccn2C)s1. The summed E-state index contributed by atoms with van der Waals surface area (Å²) in [6, 6.07) is 4.75. The number of likely N-dealkylation sites (N-methyl/N-ethyl adjacent to an activating group) is 1. The summed E-state index contributed by atoms with van der Waals surface area (Å²) in [4.78, 5) is 7.29. The van der Waals surface area contributed by atoms with Gasteiger partial charge in [0.1, 0.15) is 5.82 Å². The number of hydrogen-bond donors (Lipinski definition) is 1. The van der Waals surface area contributed by atoms with Gasteiger partial charge in [-0.1, -0.05) is 6.92 Å². The summed E-state index contributed by atoms with van der Waals surface area (Å²) >= 11 is 1.90. The summed E-state index contributed by atoms with van der Waals surface area (Å²) in [5, 5.41) is 3.34. The third kappa shape index (κ3) is 2.76. The molecule has 0 saturated heterocycles. The van der Waals surface area contributed by atoms with Gasteiger partial charge in [0.05, 0.1) is 6.04 Å². The molecule has 17 heavy (non-hydrogen) atoms. The fourth-order valence-corrected chi connectivity index (χ4v) is 2.96. The molecule has 0 aliphatic heterocycles. The second-order valence-electron chi connectivity index (χ2n) is 4.16. The molecule has 0 aliphatic rings. The van der Waals surface area contributed by atoms with E-state index in [4.69, 9.17) is 0 Å². The number of hydrogen-bond acceptors (Lipinski definition) is 3. The second-order valence-corrected chi connectivity index (χ2v) is 5.42. The van der Waals surface area contributed by atoms with E-state index in [9.17, 15) is 0 Å². The molecule has 0 spiro atoms. The molecule has 1 unspecified atom stereocenters. The molecular weight excluding hydrogens is 230 g/mol. The predicted molar refractivity (Wildman–Crippen MR) is 72.4 cm³/mol. The molecule has 1 atom stereocenters. The Morgan fingerprint density at radius 3 is 2.71 bits per heavy atom. The Morgan fingerprint density at radius 1 is 1.41 bits per heavy atom. The van der Waals surface area contributed by atoms with Crippen LogP contribution in [0.15, 0.2) is 24.5 Å². The summed E-state index contributed by atoms with van der Waals surface area (Å²) in [5.74, 6) is 1.10. The summed E-state index contributed by atoms with van der Waals surface area (Å²) < 4.78 is 2.08. The zero-order valence-electron chi connectivity index (χ0n) is 10.6. The highest BCUT2D eigenvalue weighted by atomic mass is 32.1. The van der Waals surface area contributed by atoms with Gasteiger partial charge in [-0.3, -0.25) is 0 Å². The summed E-state index contributed by atoms with van der Waals surface area (Å²) in [7, 11) is 4.03. The number of rotatable bonds is 5. The lowest BCUT2D eigenvalue weighted by atomic mass is 10.1. The third-order valence-corrected chi connectivity index (χ3v) is 4.24. The van der Waals surface area contributed by atoms with Gasteiger partial charge in [0, 0.05) is 35.6 Å². The molecule has 92 valence electrons. The van der Waals surface area contributed by atoms with Crippen molar-refractivity contribution in [1.29, 1.82) is 0 Å². The minimum absolute atomic E-state index is 0.290. The van der Waals surface area contributed by atoms with Crippen molar-refractivity contribution in [3.05, 3.63) is 40.1 Å². The molecule has 2 heterocycles. The first-order valence-electron chi connectivity index (χ1n) is 5.96. The summed E-state index contributed by atoms with van der Waals surface area (Å²) in [6.07, 6.45) is 5.97. The quantitative estimate of drug-likeness (QED) is 0.882. The highest BCUT2D eigenvalue weighted by molar-refractivity contribution is 7.11. The van der Waals surface area contributed by atoms with Crippen molar-refractivity contribution in [1.82, 2.24) is 14.9 Å². The van der Waals surface area contributed by atoms with Crippen molar-refractivity contribution in [2.45, 2.75) is 25.8 Å². The van der Waals surface area contributed by atoms with E-state index >= 15 is 0 Å². The Labute approximate surface area is 107 Å². The van der Waals surface area contributed by atoms with E-state index in [-0.39, 0.29) is 0 Å². The first kappa shape index (κ1) is 12.3. The van der Waals surface area contributed by atoms with Crippen LogP contribution in [0.5, 0.6) is 0 Å². The standard InChI is InChI=1S/C13H19N3S/c1-4-10-5-6-11(17-10)9-12(14-2)13-15-7-8-16(13)3/h5-8,12,14H,4,9H2,1-3H3. The van der Waals surface area contributed by atoms with Crippen LogP contribution < -0.4 is 5.32 Å². The fourth-order valence-electron chi connectivity index (χ4n) is 1.96. The smallest absolute Gasteiger partial charge is 0.125 e. The zero-order valence-corrected chi connectivity index (χ0v) is 11.4. The molecule has 2 rings (SSSR count). The van der Waals surface area contributed by atoms with Crippen LogP contribution in [0.4, 0.5) is 0 Å². The van der Waals surface area contributed by atoms with Crippen molar-refractivity contribution in [2.24, 2.45) is 7.05 Å². The van der Waals surface area contributed by atoms with Crippen molar-refractivity contribution >= 4 is 11.3 Å². The van der Waals surface area contributed by atoms with Crippen molar-refractivity contribution in [3.63, 3.8) is 0 Å². The molecule has 2 aromatic rings. The summed E-state index contributed by atoms with van der Waals surface area (Å²) in [6.45, 7) is 2.20. The molecule has 1 N–H and O–H groups in total. The lowest BCUT2D eigenvalue weighted by Crippen LogP contribution is -2.21. The van der Waals surface area contributed by atoms with E-state index in [1.165, 1.54) is 9.75 Å². The van der Waals surface area contributed by atoms with Crippen molar-refractivity contribution in [3.8, 4) is 0 Å². The number of nitrogens with one attached hydrogen (secondary N) is 1. The third-order valence-electron chi connectivity index (χ3n) is 2.99. The molecular formula is C13H19N3S. The van der Waals surface area contributed by atoms with Gasteiger partial charge in [-0.05, 0) is 25.6 Å². The van der Waals surface area contributed by atoms with Crippen LogP contribution >= 0.6 is 11.3 Å². The summed E-state index contributed by atoms with van der Waals surface area (Å²) in [5.41, 5.74) is 0. The molecule has 2 aromatic heterocycles.